The number of carbonyl (C=O) groups is 1. The second-order valence-electron chi connectivity index (χ2n) is 4.22. The normalized spacial score (nSPS) is 21.3. The number of carbonyl (C=O) groups excluding carboxylic acids is 1. The van der Waals surface area contributed by atoms with E-state index in [1.807, 2.05) is 13.8 Å². The number of esters is 1. The summed E-state index contributed by atoms with van der Waals surface area (Å²) in [7, 11) is 2.13. The van der Waals surface area contributed by atoms with E-state index in [-0.39, 0.29) is 12.0 Å². The average molecular weight is 214 g/mol. The number of nitrogens with one attached hydrogen (secondary N) is 1. The number of piperidine rings is 1. The molecule has 0 spiro atoms. The highest BCUT2D eigenvalue weighted by Gasteiger charge is 2.21. The van der Waals surface area contributed by atoms with Gasteiger partial charge in [0.15, 0.2) is 0 Å². The highest BCUT2D eigenvalue weighted by atomic mass is 16.5. The fraction of sp³-hybridized carbons (Fsp3) is 0.909. The molecule has 0 aromatic carbocycles. The van der Waals surface area contributed by atoms with Crippen molar-refractivity contribution in [1.29, 1.82) is 0 Å². The molecule has 0 aromatic heterocycles. The van der Waals surface area contributed by atoms with Gasteiger partial charge in [-0.1, -0.05) is 0 Å². The number of rotatable bonds is 4. The van der Waals surface area contributed by atoms with Crippen LogP contribution in [0.25, 0.3) is 0 Å². The molecule has 1 unspecified atom stereocenters. The van der Waals surface area contributed by atoms with Gasteiger partial charge < -0.3 is 15.0 Å². The van der Waals surface area contributed by atoms with Gasteiger partial charge in [0, 0.05) is 6.04 Å². The van der Waals surface area contributed by atoms with Crippen LogP contribution in [0.15, 0.2) is 0 Å². The molecule has 1 fully saturated rings. The minimum Gasteiger partial charge on any atom is -0.465 e. The van der Waals surface area contributed by atoms with E-state index in [1.165, 1.54) is 0 Å². The quantitative estimate of drug-likeness (QED) is 0.697. The Bertz CT molecular complexity index is 201. The molecule has 1 aliphatic rings. The molecule has 88 valence electrons. The summed E-state index contributed by atoms with van der Waals surface area (Å²) in [5, 5.41) is 3.32. The van der Waals surface area contributed by atoms with E-state index in [0.29, 0.717) is 12.6 Å². The fourth-order valence-corrected chi connectivity index (χ4v) is 1.86. The van der Waals surface area contributed by atoms with Crippen molar-refractivity contribution < 1.29 is 9.53 Å². The maximum atomic E-state index is 11.4. The Morgan fingerprint density at radius 3 is 2.67 bits per heavy atom. The molecule has 1 atom stereocenters. The molecule has 15 heavy (non-hydrogen) atoms. The minimum atomic E-state index is -0.182. The van der Waals surface area contributed by atoms with Crippen LogP contribution in [0.3, 0.4) is 0 Å². The van der Waals surface area contributed by atoms with E-state index < -0.39 is 0 Å². The van der Waals surface area contributed by atoms with Crippen molar-refractivity contribution in [3.05, 3.63) is 0 Å². The molecule has 4 heteroatoms. The van der Waals surface area contributed by atoms with Gasteiger partial charge in [-0.3, -0.25) is 4.79 Å². The smallest absolute Gasteiger partial charge is 0.322 e. The number of ether oxygens (including phenoxy) is 1. The summed E-state index contributed by atoms with van der Waals surface area (Å²) in [6.45, 7) is 6.37. The van der Waals surface area contributed by atoms with Gasteiger partial charge in [-0.05, 0) is 46.8 Å². The third kappa shape index (κ3) is 4.18. The molecule has 1 rings (SSSR count). The molecule has 0 aliphatic carbocycles. The van der Waals surface area contributed by atoms with Crippen molar-refractivity contribution in [1.82, 2.24) is 10.2 Å². The Hall–Kier alpha value is -0.610. The van der Waals surface area contributed by atoms with Crippen molar-refractivity contribution in [2.75, 3.05) is 26.7 Å². The second-order valence-corrected chi connectivity index (χ2v) is 4.22. The summed E-state index contributed by atoms with van der Waals surface area (Å²) in [6.07, 6.45) is 2.22. The van der Waals surface area contributed by atoms with Gasteiger partial charge in [-0.2, -0.15) is 0 Å². The van der Waals surface area contributed by atoms with Crippen molar-refractivity contribution in [2.45, 2.75) is 38.8 Å². The standard InChI is InChI=1S/C11H22N2O2/c1-4-15-11(14)9(2)12-10-5-7-13(3)8-6-10/h9-10,12H,4-8H2,1-3H3. The first-order valence-corrected chi connectivity index (χ1v) is 5.74. The third-order valence-electron chi connectivity index (χ3n) is 2.84. The van der Waals surface area contributed by atoms with Gasteiger partial charge >= 0.3 is 5.97 Å². The van der Waals surface area contributed by atoms with Gasteiger partial charge in [0.25, 0.3) is 0 Å². The van der Waals surface area contributed by atoms with Crippen molar-refractivity contribution in [3.8, 4) is 0 Å². The van der Waals surface area contributed by atoms with Crippen LogP contribution in [0.4, 0.5) is 0 Å². The zero-order valence-electron chi connectivity index (χ0n) is 9.95. The molecule has 0 bridgehead atoms. The Morgan fingerprint density at radius 2 is 2.13 bits per heavy atom. The molecule has 0 radical (unpaired) electrons. The van der Waals surface area contributed by atoms with Crippen LogP contribution in [0.2, 0.25) is 0 Å². The lowest BCUT2D eigenvalue weighted by molar-refractivity contribution is -0.145. The lowest BCUT2D eigenvalue weighted by atomic mass is 10.0. The molecule has 1 aliphatic heterocycles. The molecule has 1 N–H and O–H groups in total. The first kappa shape index (κ1) is 12.5. The number of hydrogen-bond donors (Lipinski definition) is 1. The van der Waals surface area contributed by atoms with Crippen LogP contribution < -0.4 is 5.32 Å². The van der Waals surface area contributed by atoms with Gasteiger partial charge in [-0.15, -0.1) is 0 Å². The lowest BCUT2D eigenvalue weighted by Gasteiger charge is -2.31. The zero-order chi connectivity index (χ0) is 11.3. The number of likely N-dealkylation sites (tertiary alicyclic amines) is 1. The van der Waals surface area contributed by atoms with E-state index in [4.69, 9.17) is 4.74 Å². The Kier molecular flexibility index (Phi) is 5.05. The Morgan fingerprint density at radius 1 is 1.53 bits per heavy atom. The molecular weight excluding hydrogens is 192 g/mol. The maximum Gasteiger partial charge on any atom is 0.322 e. The molecule has 0 saturated carbocycles. The summed E-state index contributed by atoms with van der Waals surface area (Å²) in [5.41, 5.74) is 0. The highest BCUT2D eigenvalue weighted by molar-refractivity contribution is 5.75. The monoisotopic (exact) mass is 214 g/mol. The predicted octanol–water partition coefficient (Wildman–Crippen LogP) is 0.622. The average Bonchev–Trinajstić information content (AvgIpc) is 2.22. The number of nitrogens with zero attached hydrogens (tertiary/aromatic N) is 1. The van der Waals surface area contributed by atoms with E-state index in [9.17, 15) is 4.79 Å². The van der Waals surface area contributed by atoms with E-state index in [1.54, 1.807) is 0 Å². The third-order valence-corrected chi connectivity index (χ3v) is 2.84. The topological polar surface area (TPSA) is 41.6 Å². The molecule has 1 heterocycles. The van der Waals surface area contributed by atoms with Crippen LogP contribution in [-0.4, -0.2) is 49.7 Å². The summed E-state index contributed by atoms with van der Waals surface area (Å²) in [4.78, 5) is 13.7. The van der Waals surface area contributed by atoms with Crippen LogP contribution in [0.1, 0.15) is 26.7 Å². The van der Waals surface area contributed by atoms with Gasteiger partial charge in [0.2, 0.25) is 0 Å². The summed E-state index contributed by atoms with van der Waals surface area (Å²) < 4.78 is 4.95. The van der Waals surface area contributed by atoms with Crippen LogP contribution in [-0.2, 0) is 9.53 Å². The van der Waals surface area contributed by atoms with Gasteiger partial charge in [0.1, 0.15) is 6.04 Å². The molecule has 4 nitrogen and oxygen atoms in total. The maximum absolute atomic E-state index is 11.4. The first-order chi connectivity index (χ1) is 7.13. The van der Waals surface area contributed by atoms with E-state index >= 15 is 0 Å². The van der Waals surface area contributed by atoms with Crippen molar-refractivity contribution in [2.24, 2.45) is 0 Å². The molecule has 1 saturated heterocycles. The van der Waals surface area contributed by atoms with Crippen LogP contribution >= 0.6 is 0 Å². The van der Waals surface area contributed by atoms with Crippen molar-refractivity contribution >= 4 is 5.97 Å². The Balaban J connectivity index is 2.25. The Labute approximate surface area is 92.0 Å². The fourth-order valence-electron chi connectivity index (χ4n) is 1.86. The molecule has 0 aromatic rings. The van der Waals surface area contributed by atoms with Gasteiger partial charge in [-0.25, -0.2) is 0 Å². The predicted molar refractivity (Wildman–Crippen MR) is 59.7 cm³/mol. The lowest BCUT2D eigenvalue weighted by Crippen LogP contribution is -2.47. The van der Waals surface area contributed by atoms with Gasteiger partial charge in [0.05, 0.1) is 6.61 Å². The SMILES string of the molecule is CCOC(=O)C(C)NC1CCN(C)CC1. The largest absolute Gasteiger partial charge is 0.465 e. The zero-order valence-corrected chi connectivity index (χ0v) is 9.95. The minimum absolute atomic E-state index is 0.142. The summed E-state index contributed by atoms with van der Waals surface area (Å²) >= 11 is 0. The second kappa shape index (κ2) is 6.08. The van der Waals surface area contributed by atoms with E-state index in [2.05, 4.69) is 17.3 Å². The van der Waals surface area contributed by atoms with Crippen LogP contribution in [0, 0.1) is 0 Å². The van der Waals surface area contributed by atoms with Crippen LogP contribution in [0.5, 0.6) is 0 Å². The van der Waals surface area contributed by atoms with E-state index in [0.717, 1.165) is 25.9 Å². The molecular formula is C11H22N2O2. The first-order valence-electron chi connectivity index (χ1n) is 5.74. The van der Waals surface area contributed by atoms with Crippen molar-refractivity contribution in [3.63, 3.8) is 0 Å². The number of hydrogen-bond acceptors (Lipinski definition) is 4. The highest BCUT2D eigenvalue weighted by Crippen LogP contribution is 2.09. The summed E-state index contributed by atoms with van der Waals surface area (Å²) in [6, 6.07) is 0.277. The molecule has 0 amide bonds. The summed E-state index contributed by atoms with van der Waals surface area (Å²) in [5.74, 6) is -0.142.